The number of anilines is 1. The second-order valence-corrected chi connectivity index (χ2v) is 9.21. The molecule has 1 saturated heterocycles. The quantitative estimate of drug-likeness (QED) is 0.412. The predicted molar refractivity (Wildman–Crippen MR) is 129 cm³/mol. The maximum absolute atomic E-state index is 14.9. The number of hydrogen-bond acceptors (Lipinski definition) is 5. The van der Waals surface area contributed by atoms with Crippen molar-refractivity contribution in [2.75, 3.05) is 31.1 Å². The van der Waals surface area contributed by atoms with E-state index in [1.54, 1.807) is 16.9 Å². The van der Waals surface area contributed by atoms with Gasteiger partial charge in [-0.15, -0.1) is 13.2 Å². The van der Waals surface area contributed by atoms with Crippen LogP contribution in [0.25, 0.3) is 11.9 Å². The van der Waals surface area contributed by atoms with Crippen molar-refractivity contribution >= 4 is 17.7 Å². The van der Waals surface area contributed by atoms with Crippen molar-refractivity contribution in [2.24, 2.45) is 0 Å². The second-order valence-electron chi connectivity index (χ2n) is 9.21. The van der Waals surface area contributed by atoms with Gasteiger partial charge in [-0.05, 0) is 67.3 Å². The molecule has 0 atom stereocenters. The van der Waals surface area contributed by atoms with Crippen molar-refractivity contribution in [3.8, 4) is 5.75 Å². The first kappa shape index (κ1) is 24.3. The summed E-state index contributed by atoms with van der Waals surface area (Å²) in [5.41, 5.74) is 2.37. The van der Waals surface area contributed by atoms with Crippen molar-refractivity contribution < 1.29 is 22.3 Å². The first-order chi connectivity index (χ1) is 17.2. The first-order valence-electron chi connectivity index (χ1n) is 12.0. The number of halogens is 4. The first-order valence-corrected chi connectivity index (χ1v) is 12.0. The Labute approximate surface area is 206 Å². The van der Waals surface area contributed by atoms with Gasteiger partial charge in [-0.25, -0.2) is 9.37 Å². The zero-order valence-corrected chi connectivity index (χ0v) is 19.9. The van der Waals surface area contributed by atoms with Crippen LogP contribution >= 0.6 is 0 Å². The minimum Gasteiger partial charge on any atom is -0.406 e. The van der Waals surface area contributed by atoms with Gasteiger partial charge in [-0.3, -0.25) is 9.58 Å². The maximum Gasteiger partial charge on any atom is 0.573 e. The third-order valence-corrected chi connectivity index (χ3v) is 6.48. The van der Waals surface area contributed by atoms with E-state index in [0.717, 1.165) is 61.4 Å². The molecule has 5 rings (SSSR count). The van der Waals surface area contributed by atoms with Crippen LogP contribution in [0.3, 0.4) is 0 Å². The minimum absolute atomic E-state index is 0.161. The smallest absolute Gasteiger partial charge is 0.406 e. The Morgan fingerprint density at radius 2 is 1.78 bits per heavy atom. The van der Waals surface area contributed by atoms with Crippen LogP contribution in [-0.4, -0.2) is 58.2 Å². The number of benzene rings is 1. The van der Waals surface area contributed by atoms with E-state index >= 15 is 0 Å². The summed E-state index contributed by atoms with van der Waals surface area (Å²) >= 11 is 0. The lowest BCUT2D eigenvalue weighted by Gasteiger charge is -2.35. The average molecular weight is 502 g/mol. The molecule has 0 N–H and O–H groups in total. The molecule has 10 heteroatoms. The molecule has 0 amide bonds. The minimum atomic E-state index is -4.77. The van der Waals surface area contributed by atoms with Crippen LogP contribution in [0.4, 0.5) is 23.4 Å². The van der Waals surface area contributed by atoms with Crippen LogP contribution in [0.5, 0.6) is 5.75 Å². The summed E-state index contributed by atoms with van der Waals surface area (Å²) in [6.07, 6.45) is 0.892. The number of alkyl halides is 3. The monoisotopic (exact) mass is 501 g/mol. The van der Waals surface area contributed by atoms with E-state index in [4.69, 9.17) is 0 Å². The van der Waals surface area contributed by atoms with Crippen molar-refractivity contribution in [2.45, 2.75) is 38.7 Å². The molecule has 0 unspecified atom stereocenters. The van der Waals surface area contributed by atoms with Crippen LogP contribution in [0.15, 0.2) is 48.7 Å². The number of hydrogen-bond donors (Lipinski definition) is 0. The highest BCUT2D eigenvalue weighted by atomic mass is 19.4. The molecule has 0 bridgehead atoms. The standard InChI is InChI=1S/C26H27F4N5O/c1-18-14-24(23(27)15-19-2-6-22(7-3-19)36-26(28,29)30)32-35(18)17-20-8-9-31-25(16-20)34-12-10-33(11-13-34)21-4-5-21/h2-3,6-9,14-16,21H,4-5,10-13,17H2,1H3/b23-15-. The maximum atomic E-state index is 14.9. The zero-order chi connectivity index (χ0) is 25.3. The highest BCUT2D eigenvalue weighted by molar-refractivity contribution is 5.75. The van der Waals surface area contributed by atoms with Gasteiger partial charge in [-0.1, -0.05) is 12.1 Å². The highest BCUT2D eigenvalue weighted by Crippen LogP contribution is 2.29. The summed E-state index contributed by atoms with van der Waals surface area (Å²) in [4.78, 5) is 9.42. The second kappa shape index (κ2) is 9.93. The number of rotatable bonds is 7. The Bertz CT molecular complexity index is 1230. The molecule has 0 spiro atoms. The molecule has 2 aromatic heterocycles. The highest BCUT2D eigenvalue weighted by Gasteiger charge is 2.32. The van der Waals surface area contributed by atoms with E-state index in [-0.39, 0.29) is 11.4 Å². The van der Waals surface area contributed by atoms with Gasteiger partial charge in [-0.2, -0.15) is 5.10 Å². The number of nitrogens with zero attached hydrogens (tertiary/aromatic N) is 5. The Balaban J connectivity index is 1.24. The van der Waals surface area contributed by atoms with Crippen molar-refractivity contribution in [1.82, 2.24) is 19.7 Å². The number of aromatic nitrogens is 3. The van der Waals surface area contributed by atoms with E-state index in [1.165, 1.54) is 31.1 Å². The van der Waals surface area contributed by atoms with Gasteiger partial charge in [0.05, 0.1) is 6.54 Å². The molecule has 1 aromatic carbocycles. The Kier molecular flexibility index (Phi) is 6.70. The lowest BCUT2D eigenvalue weighted by molar-refractivity contribution is -0.274. The van der Waals surface area contributed by atoms with E-state index in [0.29, 0.717) is 12.1 Å². The van der Waals surface area contributed by atoms with E-state index in [1.807, 2.05) is 13.0 Å². The van der Waals surface area contributed by atoms with Gasteiger partial charge < -0.3 is 9.64 Å². The lowest BCUT2D eigenvalue weighted by Crippen LogP contribution is -2.47. The molecule has 0 radical (unpaired) electrons. The summed E-state index contributed by atoms with van der Waals surface area (Å²) in [5, 5.41) is 4.40. The van der Waals surface area contributed by atoms with Gasteiger partial charge in [0.1, 0.15) is 17.3 Å². The fourth-order valence-electron chi connectivity index (χ4n) is 4.43. The number of pyridine rings is 1. The summed E-state index contributed by atoms with van der Waals surface area (Å²) in [6.45, 7) is 6.35. The molecule has 6 nitrogen and oxygen atoms in total. The molecule has 190 valence electrons. The van der Waals surface area contributed by atoms with Gasteiger partial charge in [0.25, 0.3) is 0 Å². The van der Waals surface area contributed by atoms with Gasteiger partial charge in [0, 0.05) is 44.1 Å². The van der Waals surface area contributed by atoms with Gasteiger partial charge in [0.2, 0.25) is 0 Å². The molecule has 3 heterocycles. The third-order valence-electron chi connectivity index (χ3n) is 6.48. The summed E-state index contributed by atoms with van der Waals surface area (Å²) in [7, 11) is 0. The van der Waals surface area contributed by atoms with Crippen molar-refractivity contribution in [1.29, 1.82) is 0 Å². The molecule has 1 aliphatic carbocycles. The SMILES string of the molecule is Cc1cc(/C(F)=C/c2ccc(OC(F)(F)F)cc2)nn1Cc1ccnc(N2CCN(C3CC3)CC2)c1. The normalized spacial score (nSPS) is 17.5. The van der Waals surface area contributed by atoms with E-state index < -0.39 is 12.2 Å². The molecule has 1 aliphatic heterocycles. The molecular formula is C26H27F4N5O. The molecule has 3 aromatic rings. The van der Waals surface area contributed by atoms with Crippen LogP contribution in [0.1, 0.15) is 35.4 Å². The molecular weight excluding hydrogens is 474 g/mol. The van der Waals surface area contributed by atoms with Crippen LogP contribution in [0.2, 0.25) is 0 Å². The largest absolute Gasteiger partial charge is 0.573 e. The number of aryl methyl sites for hydroxylation is 1. The van der Waals surface area contributed by atoms with Gasteiger partial charge >= 0.3 is 6.36 Å². The third kappa shape index (κ3) is 6.04. The summed E-state index contributed by atoms with van der Waals surface area (Å²) < 4.78 is 57.4. The Morgan fingerprint density at radius 1 is 1.06 bits per heavy atom. The predicted octanol–water partition coefficient (Wildman–Crippen LogP) is 5.29. The number of piperazine rings is 1. The fourth-order valence-corrected chi connectivity index (χ4v) is 4.43. The summed E-state index contributed by atoms with van der Waals surface area (Å²) in [5.74, 6) is 0.00369. The molecule has 36 heavy (non-hydrogen) atoms. The van der Waals surface area contributed by atoms with E-state index in [9.17, 15) is 17.6 Å². The molecule has 2 aliphatic rings. The van der Waals surface area contributed by atoms with E-state index in [2.05, 4.69) is 30.7 Å². The van der Waals surface area contributed by atoms with Crippen LogP contribution < -0.4 is 9.64 Å². The lowest BCUT2D eigenvalue weighted by atomic mass is 10.2. The van der Waals surface area contributed by atoms with Crippen LogP contribution in [0, 0.1) is 6.92 Å². The Hall–Kier alpha value is -3.40. The van der Waals surface area contributed by atoms with Gasteiger partial charge in [0.15, 0.2) is 5.83 Å². The van der Waals surface area contributed by atoms with Crippen molar-refractivity contribution in [3.63, 3.8) is 0 Å². The van der Waals surface area contributed by atoms with Crippen molar-refractivity contribution in [3.05, 3.63) is 71.2 Å². The molecule has 2 fully saturated rings. The molecule has 1 saturated carbocycles. The fraction of sp³-hybridized carbons (Fsp3) is 0.385. The zero-order valence-electron chi connectivity index (χ0n) is 19.9. The topological polar surface area (TPSA) is 46.4 Å². The average Bonchev–Trinajstić information content (AvgIpc) is 3.63. The summed E-state index contributed by atoms with van der Waals surface area (Å²) in [6, 6.07) is 11.4. The Morgan fingerprint density at radius 3 is 2.44 bits per heavy atom. The van der Waals surface area contributed by atoms with Crippen LogP contribution in [-0.2, 0) is 6.54 Å². The number of ether oxygens (including phenoxy) is 1.